The third-order valence-corrected chi connectivity index (χ3v) is 9.73. The van der Waals surface area contributed by atoms with Crippen molar-refractivity contribution in [2.24, 2.45) is 0 Å². The summed E-state index contributed by atoms with van der Waals surface area (Å²) in [5.41, 5.74) is 4.78. The third kappa shape index (κ3) is 11.5. The Bertz CT molecular complexity index is 2290. The second kappa shape index (κ2) is 22.8. The Labute approximate surface area is 351 Å². The molecule has 322 valence electrons. The van der Waals surface area contributed by atoms with Gasteiger partial charge < -0.3 is 39.9 Å². The fraction of sp³-hybridized carbons (Fsp3) is 0.444. The molecule has 0 spiro atoms. The summed E-state index contributed by atoms with van der Waals surface area (Å²) >= 11 is 0. The van der Waals surface area contributed by atoms with E-state index in [1.807, 2.05) is 44.2 Å². The van der Waals surface area contributed by atoms with Gasteiger partial charge in [-0.3, -0.25) is 14.4 Å². The van der Waals surface area contributed by atoms with Gasteiger partial charge in [0.05, 0.1) is 43.7 Å². The molecule has 2 aliphatic heterocycles. The number of nitrogens with zero attached hydrogens (tertiary/aromatic N) is 4. The number of aromatic amines is 2. The SMILES string of the molecule is CC.CCC.CCC.COC(=O)NCC(=O)N1CCCC1c1cc(=O)c2ncc(-c3ccc4cc(-c5cnc([C@@H]6CCCN6C(=O)CNC(=O)OC)[nH]5)ccc4c3)cc2[nH]1. The lowest BCUT2D eigenvalue weighted by Gasteiger charge is -2.25. The largest absolute Gasteiger partial charge is 0.453 e. The standard InChI is InChI=1S/C37H38N8O7.2C3H8.C2H6/c1-51-36(49)40-19-32(47)44-11-3-5-29(44)26-16-31(46)34-27(42-26)15-25(17-38-34)23-8-7-22-14-24(10-9-21(22)13-23)28-18-39-35(43-28)30-6-4-12-45(30)33(48)20-41-37(50)52-2;2*1-3-2;1-2/h7-10,13-18,29-30H,3-6,11-12,19-20H2,1-2H3,(H,39,43)(H,40,49)(H,41,50)(H,42,46);2*3H2,1-2H3;1-2H3/t29?,30-;;;/m0.../s1. The van der Waals surface area contributed by atoms with Crippen molar-refractivity contribution in [3.63, 3.8) is 0 Å². The van der Waals surface area contributed by atoms with E-state index in [4.69, 9.17) is 0 Å². The van der Waals surface area contributed by atoms with Crippen molar-refractivity contribution in [1.82, 2.24) is 40.4 Å². The molecule has 60 heavy (non-hydrogen) atoms. The van der Waals surface area contributed by atoms with Crippen molar-refractivity contribution in [1.29, 1.82) is 0 Å². The van der Waals surface area contributed by atoms with Gasteiger partial charge in [-0.1, -0.05) is 78.6 Å². The van der Waals surface area contributed by atoms with E-state index < -0.39 is 12.2 Å². The van der Waals surface area contributed by atoms with E-state index in [0.29, 0.717) is 42.1 Å². The molecule has 15 heteroatoms. The number of carbonyl (C=O) groups is 4. The van der Waals surface area contributed by atoms with Crippen molar-refractivity contribution < 1.29 is 28.7 Å². The molecule has 2 saturated heterocycles. The summed E-state index contributed by atoms with van der Waals surface area (Å²) in [4.78, 5) is 81.1. The van der Waals surface area contributed by atoms with E-state index in [-0.39, 0.29) is 42.4 Å². The number of methoxy groups -OCH3 is 2. The fourth-order valence-electron chi connectivity index (χ4n) is 7.12. The van der Waals surface area contributed by atoms with Crippen LogP contribution in [0, 0.1) is 0 Å². The highest BCUT2D eigenvalue weighted by Gasteiger charge is 2.33. The summed E-state index contributed by atoms with van der Waals surface area (Å²) in [6.07, 6.45) is 7.68. The number of carbonyl (C=O) groups excluding carboxylic acids is 4. The van der Waals surface area contributed by atoms with Crippen LogP contribution in [-0.4, -0.2) is 94.1 Å². The van der Waals surface area contributed by atoms with Gasteiger partial charge in [0.2, 0.25) is 17.2 Å². The highest BCUT2D eigenvalue weighted by Crippen LogP contribution is 2.34. The van der Waals surface area contributed by atoms with E-state index in [1.54, 1.807) is 22.2 Å². The molecule has 2 aromatic carbocycles. The van der Waals surface area contributed by atoms with Crippen LogP contribution in [0.25, 0.3) is 44.2 Å². The number of rotatable bonds is 8. The maximum atomic E-state index is 13.1. The Morgan fingerprint density at radius 2 is 1.23 bits per heavy atom. The van der Waals surface area contributed by atoms with Crippen LogP contribution in [0.2, 0.25) is 0 Å². The first kappa shape index (κ1) is 46.4. The molecule has 0 saturated carbocycles. The Balaban J connectivity index is 0.000000925. The minimum Gasteiger partial charge on any atom is -0.453 e. The molecule has 15 nitrogen and oxygen atoms in total. The maximum absolute atomic E-state index is 13.1. The number of amides is 4. The first-order chi connectivity index (χ1) is 29.0. The van der Waals surface area contributed by atoms with Crippen LogP contribution in [0.5, 0.6) is 0 Å². The number of benzene rings is 2. The smallest absolute Gasteiger partial charge is 0.407 e. The maximum Gasteiger partial charge on any atom is 0.407 e. The molecule has 4 N–H and O–H groups in total. The minimum absolute atomic E-state index is 0.141. The lowest BCUT2D eigenvalue weighted by atomic mass is 10.00. The molecule has 2 atom stereocenters. The third-order valence-electron chi connectivity index (χ3n) is 9.73. The van der Waals surface area contributed by atoms with E-state index >= 15 is 0 Å². The van der Waals surface area contributed by atoms with Crippen LogP contribution in [0.15, 0.2) is 65.7 Å². The van der Waals surface area contributed by atoms with Gasteiger partial charge in [0.15, 0.2) is 0 Å². The zero-order valence-electron chi connectivity index (χ0n) is 36.1. The van der Waals surface area contributed by atoms with Gasteiger partial charge in [-0.25, -0.2) is 19.6 Å². The van der Waals surface area contributed by atoms with Crippen LogP contribution < -0.4 is 16.1 Å². The lowest BCUT2D eigenvalue weighted by molar-refractivity contribution is -0.131. The normalized spacial score (nSPS) is 15.5. The van der Waals surface area contributed by atoms with Crippen molar-refractivity contribution in [2.45, 2.75) is 92.2 Å². The summed E-state index contributed by atoms with van der Waals surface area (Å²) in [5, 5.41) is 6.91. The summed E-state index contributed by atoms with van der Waals surface area (Å²) < 4.78 is 9.15. The number of hydrogen-bond acceptors (Lipinski definition) is 9. The predicted octanol–water partition coefficient (Wildman–Crippen LogP) is 8.03. The number of likely N-dealkylation sites (tertiary alicyclic amines) is 2. The highest BCUT2D eigenvalue weighted by molar-refractivity contribution is 5.91. The average molecular weight is 825 g/mol. The average Bonchev–Trinajstić information content (AvgIpc) is 4.07. The number of imidazole rings is 1. The Morgan fingerprint density at radius 3 is 1.82 bits per heavy atom. The molecule has 0 aliphatic carbocycles. The number of H-pyrrole nitrogens is 2. The molecule has 7 rings (SSSR count). The van der Waals surface area contributed by atoms with Gasteiger partial charge in [0.1, 0.15) is 24.4 Å². The molecule has 0 radical (unpaired) electrons. The van der Waals surface area contributed by atoms with Gasteiger partial charge in [-0.2, -0.15) is 0 Å². The Morgan fingerprint density at radius 1 is 0.700 bits per heavy atom. The van der Waals surface area contributed by atoms with Crippen molar-refractivity contribution >= 4 is 45.8 Å². The zero-order valence-corrected chi connectivity index (χ0v) is 36.1. The van der Waals surface area contributed by atoms with Crippen molar-refractivity contribution in [2.75, 3.05) is 40.4 Å². The number of fused-ring (bicyclic) bond motifs is 2. The summed E-state index contributed by atoms with van der Waals surface area (Å²) in [6, 6.07) is 15.1. The van der Waals surface area contributed by atoms with E-state index in [1.165, 1.54) is 33.1 Å². The number of alkyl carbamates (subject to hydrolysis) is 2. The molecule has 5 heterocycles. The molecule has 3 aromatic heterocycles. The number of pyridine rings is 2. The Hall–Kier alpha value is -6.25. The van der Waals surface area contributed by atoms with E-state index in [0.717, 1.165) is 52.4 Å². The minimum atomic E-state index is -0.682. The molecule has 4 amide bonds. The molecular formula is C45H60N8O7. The number of hydrogen-bond donors (Lipinski definition) is 4. The Kier molecular flexibility index (Phi) is 17.6. The van der Waals surface area contributed by atoms with Crippen LogP contribution in [0.3, 0.4) is 0 Å². The topological polar surface area (TPSA) is 192 Å². The van der Waals surface area contributed by atoms with Gasteiger partial charge in [0.25, 0.3) is 0 Å². The predicted molar refractivity (Wildman–Crippen MR) is 234 cm³/mol. The van der Waals surface area contributed by atoms with Crippen LogP contribution in [-0.2, 0) is 19.1 Å². The van der Waals surface area contributed by atoms with Gasteiger partial charge in [-0.05, 0) is 60.2 Å². The molecule has 2 aliphatic rings. The first-order valence-electron chi connectivity index (χ1n) is 20.9. The van der Waals surface area contributed by atoms with Crippen LogP contribution >= 0.6 is 0 Å². The van der Waals surface area contributed by atoms with Gasteiger partial charge in [0, 0.05) is 42.2 Å². The molecule has 0 bridgehead atoms. The second-order valence-corrected chi connectivity index (χ2v) is 14.3. The summed E-state index contributed by atoms with van der Waals surface area (Å²) in [6.45, 7) is 13.3. The van der Waals surface area contributed by atoms with Crippen molar-refractivity contribution in [3.05, 3.63) is 82.7 Å². The van der Waals surface area contributed by atoms with Crippen LogP contribution in [0.4, 0.5) is 9.59 Å². The lowest BCUT2D eigenvalue weighted by Crippen LogP contribution is -2.40. The first-order valence-corrected chi connectivity index (χ1v) is 20.9. The van der Waals surface area contributed by atoms with Gasteiger partial charge in [-0.15, -0.1) is 0 Å². The number of nitrogens with one attached hydrogen (secondary N) is 4. The van der Waals surface area contributed by atoms with E-state index in [9.17, 15) is 24.0 Å². The fourth-order valence-corrected chi connectivity index (χ4v) is 7.12. The number of ether oxygens (including phenoxy) is 2. The molecule has 5 aromatic rings. The molecular weight excluding hydrogens is 765 g/mol. The quantitative estimate of drug-likeness (QED) is 0.120. The summed E-state index contributed by atoms with van der Waals surface area (Å²) in [5.74, 6) is 0.244. The van der Waals surface area contributed by atoms with Crippen molar-refractivity contribution in [3.8, 4) is 22.4 Å². The highest BCUT2D eigenvalue weighted by atomic mass is 16.5. The summed E-state index contributed by atoms with van der Waals surface area (Å²) in [7, 11) is 2.49. The number of aromatic nitrogens is 4. The molecule has 2 fully saturated rings. The van der Waals surface area contributed by atoms with Gasteiger partial charge >= 0.3 is 12.2 Å². The molecule has 1 unspecified atom stereocenters. The monoisotopic (exact) mass is 824 g/mol. The van der Waals surface area contributed by atoms with E-state index in [2.05, 4.69) is 79.9 Å². The second-order valence-electron chi connectivity index (χ2n) is 14.3. The van der Waals surface area contributed by atoms with Crippen LogP contribution in [0.1, 0.15) is 104 Å². The zero-order chi connectivity index (χ0) is 43.8.